The molecule has 1 N–H and O–H groups in total. The lowest BCUT2D eigenvalue weighted by molar-refractivity contribution is 0.544. The van der Waals surface area contributed by atoms with E-state index in [1.54, 1.807) is 0 Å². The van der Waals surface area contributed by atoms with Gasteiger partial charge in [0.15, 0.2) is 0 Å². The van der Waals surface area contributed by atoms with Gasteiger partial charge in [-0.15, -0.1) is 0 Å². The third-order valence-corrected chi connectivity index (χ3v) is 4.00. The van der Waals surface area contributed by atoms with Crippen LogP contribution >= 0.6 is 28.1 Å². The fourth-order valence-corrected chi connectivity index (χ4v) is 2.37. The van der Waals surface area contributed by atoms with Gasteiger partial charge in [0.25, 0.3) is 0 Å². The minimum atomic E-state index is 0.0900. The zero-order chi connectivity index (χ0) is 13.3. The average Bonchev–Trinajstić information content (AvgIpc) is 2.63. The van der Waals surface area contributed by atoms with Crippen molar-refractivity contribution in [3.05, 3.63) is 50.7 Å². The second-order valence-corrected chi connectivity index (χ2v) is 6.71. The Kier molecular flexibility index (Phi) is 3.78. The Labute approximate surface area is 121 Å². The third kappa shape index (κ3) is 2.93. The first-order chi connectivity index (χ1) is 8.38. The summed E-state index contributed by atoms with van der Waals surface area (Å²) in [7, 11) is 0. The SMILES string of the molecule is CC(C)(C)c1cc(=S)n(Cc2ccccc2Br)[nH]1. The van der Waals surface area contributed by atoms with Crippen molar-refractivity contribution in [3.8, 4) is 0 Å². The number of aromatic nitrogens is 2. The number of hydrogen-bond acceptors (Lipinski definition) is 1. The van der Waals surface area contributed by atoms with Gasteiger partial charge in [-0.1, -0.05) is 67.1 Å². The minimum Gasteiger partial charge on any atom is -0.301 e. The largest absolute Gasteiger partial charge is 0.301 e. The summed E-state index contributed by atoms with van der Waals surface area (Å²) in [6.07, 6.45) is 0. The lowest BCUT2D eigenvalue weighted by Gasteiger charge is -2.16. The standard InChI is InChI=1S/C14H17BrN2S/c1-14(2,3)12-8-13(18)17(16-12)9-10-6-4-5-7-11(10)15/h4-8,16H,9H2,1-3H3. The Morgan fingerprint density at radius 1 is 1.28 bits per heavy atom. The molecule has 2 aromatic rings. The van der Waals surface area contributed by atoms with E-state index in [0.29, 0.717) is 0 Å². The molecule has 0 aliphatic heterocycles. The zero-order valence-electron chi connectivity index (χ0n) is 10.8. The Morgan fingerprint density at radius 3 is 2.50 bits per heavy atom. The van der Waals surface area contributed by atoms with Crippen LogP contribution < -0.4 is 0 Å². The van der Waals surface area contributed by atoms with Crippen molar-refractivity contribution >= 4 is 28.1 Å². The lowest BCUT2D eigenvalue weighted by atomic mass is 9.93. The number of nitrogens with one attached hydrogen (secondary N) is 1. The van der Waals surface area contributed by atoms with Gasteiger partial charge in [0, 0.05) is 15.6 Å². The fraction of sp³-hybridized carbons (Fsp3) is 0.357. The van der Waals surface area contributed by atoms with Gasteiger partial charge >= 0.3 is 0 Å². The van der Waals surface area contributed by atoms with Crippen LogP contribution in [-0.2, 0) is 12.0 Å². The van der Waals surface area contributed by atoms with E-state index in [9.17, 15) is 0 Å². The number of hydrogen-bond donors (Lipinski definition) is 1. The topological polar surface area (TPSA) is 20.7 Å². The molecular formula is C14H17BrN2S. The molecule has 0 aliphatic carbocycles. The number of aromatic amines is 1. The highest BCUT2D eigenvalue weighted by Crippen LogP contribution is 2.22. The molecule has 0 spiro atoms. The molecule has 18 heavy (non-hydrogen) atoms. The van der Waals surface area contributed by atoms with Crippen LogP contribution in [0.25, 0.3) is 0 Å². The molecule has 2 nitrogen and oxygen atoms in total. The van der Waals surface area contributed by atoms with E-state index in [1.165, 1.54) is 11.3 Å². The minimum absolute atomic E-state index is 0.0900. The van der Waals surface area contributed by atoms with Crippen LogP contribution in [0.15, 0.2) is 34.8 Å². The number of benzene rings is 1. The number of halogens is 1. The summed E-state index contributed by atoms with van der Waals surface area (Å²) in [5.41, 5.74) is 2.47. The van der Waals surface area contributed by atoms with Gasteiger partial charge in [-0.05, 0) is 17.7 Å². The molecule has 0 saturated heterocycles. The number of nitrogens with zero attached hydrogens (tertiary/aromatic N) is 1. The Bertz CT molecular complexity index is 605. The molecular weight excluding hydrogens is 308 g/mol. The molecule has 4 heteroatoms. The molecule has 1 heterocycles. The van der Waals surface area contributed by atoms with E-state index in [0.717, 1.165) is 15.7 Å². The van der Waals surface area contributed by atoms with E-state index < -0.39 is 0 Å². The van der Waals surface area contributed by atoms with Crippen molar-refractivity contribution < 1.29 is 0 Å². The molecule has 0 unspecified atom stereocenters. The van der Waals surface area contributed by atoms with Crippen LogP contribution in [0.1, 0.15) is 32.0 Å². The van der Waals surface area contributed by atoms with Crippen molar-refractivity contribution in [2.75, 3.05) is 0 Å². The van der Waals surface area contributed by atoms with E-state index >= 15 is 0 Å². The summed E-state index contributed by atoms with van der Waals surface area (Å²) in [6.45, 7) is 7.29. The maximum atomic E-state index is 5.40. The van der Waals surface area contributed by atoms with Crippen molar-refractivity contribution in [1.82, 2.24) is 9.78 Å². The maximum Gasteiger partial charge on any atom is 0.122 e. The lowest BCUT2D eigenvalue weighted by Crippen LogP contribution is -2.13. The molecule has 2 rings (SSSR count). The molecule has 96 valence electrons. The summed E-state index contributed by atoms with van der Waals surface area (Å²) in [6, 6.07) is 10.3. The van der Waals surface area contributed by atoms with E-state index in [-0.39, 0.29) is 5.41 Å². The molecule has 0 fully saturated rings. The van der Waals surface area contributed by atoms with Gasteiger partial charge in [0.05, 0.1) is 6.54 Å². The van der Waals surface area contributed by atoms with Crippen LogP contribution in [0, 0.1) is 4.64 Å². The first kappa shape index (κ1) is 13.6. The highest BCUT2D eigenvalue weighted by atomic mass is 79.9. The molecule has 1 aromatic carbocycles. The van der Waals surface area contributed by atoms with E-state index in [2.05, 4.69) is 47.9 Å². The molecule has 0 saturated carbocycles. The Morgan fingerprint density at radius 2 is 1.94 bits per heavy atom. The van der Waals surface area contributed by atoms with E-state index in [1.807, 2.05) is 28.9 Å². The van der Waals surface area contributed by atoms with Crippen LogP contribution in [-0.4, -0.2) is 9.78 Å². The van der Waals surface area contributed by atoms with Gasteiger partial charge in [0.1, 0.15) is 4.64 Å². The molecule has 1 aromatic heterocycles. The Balaban J connectivity index is 2.34. The molecule has 0 atom stereocenters. The van der Waals surface area contributed by atoms with Gasteiger partial charge < -0.3 is 5.10 Å². The number of rotatable bonds is 2. The molecule has 0 bridgehead atoms. The third-order valence-electron chi connectivity index (χ3n) is 2.88. The first-order valence-electron chi connectivity index (χ1n) is 5.91. The van der Waals surface area contributed by atoms with Gasteiger partial charge in [-0.3, -0.25) is 4.68 Å². The van der Waals surface area contributed by atoms with Crippen molar-refractivity contribution in [2.45, 2.75) is 32.7 Å². The zero-order valence-corrected chi connectivity index (χ0v) is 13.2. The summed E-state index contributed by atoms with van der Waals surface area (Å²) in [4.78, 5) is 0. The van der Waals surface area contributed by atoms with Gasteiger partial charge in [-0.2, -0.15) is 0 Å². The predicted molar refractivity (Wildman–Crippen MR) is 81.6 cm³/mol. The second-order valence-electron chi connectivity index (χ2n) is 5.44. The van der Waals surface area contributed by atoms with Crippen molar-refractivity contribution in [3.63, 3.8) is 0 Å². The molecule has 0 aliphatic rings. The highest BCUT2D eigenvalue weighted by Gasteiger charge is 2.16. The molecule has 0 radical (unpaired) electrons. The quantitative estimate of drug-likeness (QED) is 0.797. The summed E-state index contributed by atoms with van der Waals surface area (Å²) >= 11 is 8.96. The monoisotopic (exact) mass is 324 g/mol. The summed E-state index contributed by atoms with van der Waals surface area (Å²) in [5, 5.41) is 3.39. The van der Waals surface area contributed by atoms with Crippen molar-refractivity contribution in [1.29, 1.82) is 0 Å². The maximum absolute atomic E-state index is 5.40. The summed E-state index contributed by atoms with van der Waals surface area (Å²) < 4.78 is 3.96. The normalized spacial score (nSPS) is 11.8. The number of H-pyrrole nitrogens is 1. The van der Waals surface area contributed by atoms with Crippen LogP contribution in [0.5, 0.6) is 0 Å². The second kappa shape index (κ2) is 5.02. The van der Waals surface area contributed by atoms with Crippen molar-refractivity contribution in [2.24, 2.45) is 0 Å². The summed E-state index contributed by atoms with van der Waals surface area (Å²) in [5.74, 6) is 0. The van der Waals surface area contributed by atoms with Crippen LogP contribution in [0.2, 0.25) is 0 Å². The Hall–Kier alpha value is -0.870. The molecule has 0 amide bonds. The smallest absolute Gasteiger partial charge is 0.122 e. The predicted octanol–water partition coefficient (Wildman–Crippen LogP) is 4.65. The van der Waals surface area contributed by atoms with Crippen LogP contribution in [0.3, 0.4) is 0 Å². The first-order valence-corrected chi connectivity index (χ1v) is 7.12. The average molecular weight is 325 g/mol. The van der Waals surface area contributed by atoms with Crippen LogP contribution in [0.4, 0.5) is 0 Å². The van der Waals surface area contributed by atoms with Gasteiger partial charge in [0.2, 0.25) is 0 Å². The fourth-order valence-electron chi connectivity index (χ4n) is 1.73. The van der Waals surface area contributed by atoms with E-state index in [4.69, 9.17) is 12.2 Å². The highest BCUT2D eigenvalue weighted by molar-refractivity contribution is 9.10. The van der Waals surface area contributed by atoms with Gasteiger partial charge in [-0.25, -0.2) is 0 Å².